The summed E-state index contributed by atoms with van der Waals surface area (Å²) in [6, 6.07) is 2.51. The highest BCUT2D eigenvalue weighted by Gasteiger charge is 2.50. The number of hydrogen-bond donors (Lipinski definition) is 1. The van der Waals surface area contributed by atoms with Crippen LogP contribution in [0.5, 0.6) is 5.88 Å². The van der Waals surface area contributed by atoms with Crippen molar-refractivity contribution in [2.45, 2.75) is 50.6 Å². The molecule has 0 unspecified atom stereocenters. The zero-order chi connectivity index (χ0) is 22.5. The summed E-state index contributed by atoms with van der Waals surface area (Å²) >= 11 is 0. The average molecular weight is 458 g/mol. The quantitative estimate of drug-likeness (QED) is 0.675. The fourth-order valence-electron chi connectivity index (χ4n) is 3.27. The Hall–Kier alpha value is -1.99. The van der Waals surface area contributed by atoms with Gasteiger partial charge in [0.1, 0.15) is 12.2 Å². The van der Waals surface area contributed by atoms with E-state index in [1.807, 2.05) is 6.92 Å². The van der Waals surface area contributed by atoms with Gasteiger partial charge in [-0.1, -0.05) is 6.92 Å². The number of fused-ring (bicyclic) bond motifs is 1. The number of aliphatic carboxylic acids is 1. The normalized spacial score (nSPS) is 24.5. The lowest BCUT2D eigenvalue weighted by molar-refractivity contribution is -0.192. The van der Waals surface area contributed by atoms with Crippen LogP contribution in [0.1, 0.15) is 26.2 Å². The number of carbonyl (C=O) groups is 1. The van der Waals surface area contributed by atoms with Crippen molar-refractivity contribution in [1.82, 2.24) is 9.29 Å². The second kappa shape index (κ2) is 9.88. The van der Waals surface area contributed by atoms with Crippen molar-refractivity contribution >= 4 is 16.0 Å². The smallest absolute Gasteiger partial charge is 0.475 e. The number of carboxylic acid groups (broad SMARTS) is 1. The highest BCUT2D eigenvalue weighted by atomic mass is 32.2. The number of aromatic nitrogens is 1. The van der Waals surface area contributed by atoms with Gasteiger partial charge in [0, 0.05) is 12.8 Å². The standard InChI is InChI=1S/C15H21FN2O4S.C2HF3O2/c1-2-9-23(19,20)18-10-13(14-12(18)6-4-8-21-14)22-15-11(16)5-3-7-17-15;3-2(4,5)1(6)7/h3,5,7,12-14H,2,4,6,8-10H2,1H3;(H,6,7)/t12-,13-,14+;/m1./s1. The van der Waals surface area contributed by atoms with Gasteiger partial charge in [0.15, 0.2) is 5.82 Å². The van der Waals surface area contributed by atoms with Crippen LogP contribution in [-0.4, -0.2) is 72.1 Å². The molecule has 0 saturated carbocycles. The number of rotatable bonds is 5. The molecule has 1 aromatic rings. The predicted octanol–water partition coefficient (Wildman–Crippen LogP) is 2.20. The third-order valence-electron chi connectivity index (χ3n) is 4.48. The molecule has 2 saturated heterocycles. The molecule has 2 aliphatic heterocycles. The van der Waals surface area contributed by atoms with Crippen LogP contribution in [0.2, 0.25) is 0 Å². The first-order valence-corrected chi connectivity index (χ1v) is 10.8. The first kappa shape index (κ1) is 24.3. The molecule has 0 aromatic carbocycles. The minimum Gasteiger partial charge on any atom is -0.475 e. The topological polar surface area (TPSA) is 106 Å². The fourth-order valence-corrected chi connectivity index (χ4v) is 5.03. The summed E-state index contributed by atoms with van der Waals surface area (Å²) in [7, 11) is -3.36. The maximum Gasteiger partial charge on any atom is 0.490 e. The number of alkyl halides is 3. The number of carboxylic acids is 1. The summed E-state index contributed by atoms with van der Waals surface area (Å²) in [6.07, 6.45) is -2.47. The van der Waals surface area contributed by atoms with Crippen molar-refractivity contribution < 1.29 is 45.4 Å². The van der Waals surface area contributed by atoms with Crippen LogP contribution in [0.4, 0.5) is 17.6 Å². The van der Waals surface area contributed by atoms with Crippen LogP contribution >= 0.6 is 0 Å². The Morgan fingerprint density at radius 3 is 2.67 bits per heavy atom. The minimum absolute atomic E-state index is 0.0981. The molecule has 170 valence electrons. The van der Waals surface area contributed by atoms with Gasteiger partial charge in [-0.25, -0.2) is 22.6 Å². The molecule has 3 atom stereocenters. The van der Waals surface area contributed by atoms with E-state index in [9.17, 15) is 26.0 Å². The molecule has 0 aliphatic carbocycles. The Morgan fingerprint density at radius 2 is 2.10 bits per heavy atom. The van der Waals surface area contributed by atoms with Crippen molar-refractivity contribution in [3.05, 3.63) is 24.1 Å². The third-order valence-corrected chi connectivity index (χ3v) is 6.54. The second-order valence-electron chi connectivity index (χ2n) is 6.68. The zero-order valence-electron chi connectivity index (χ0n) is 16.0. The van der Waals surface area contributed by atoms with Crippen molar-refractivity contribution in [1.29, 1.82) is 0 Å². The van der Waals surface area contributed by atoms with Crippen molar-refractivity contribution in [2.75, 3.05) is 18.9 Å². The van der Waals surface area contributed by atoms with Gasteiger partial charge in [-0.3, -0.25) is 0 Å². The first-order chi connectivity index (χ1) is 14.0. The monoisotopic (exact) mass is 458 g/mol. The molecule has 3 heterocycles. The third kappa shape index (κ3) is 6.01. The molecule has 3 rings (SSSR count). The fraction of sp³-hybridized carbons (Fsp3) is 0.647. The second-order valence-corrected chi connectivity index (χ2v) is 8.72. The van der Waals surface area contributed by atoms with Gasteiger partial charge < -0.3 is 14.6 Å². The van der Waals surface area contributed by atoms with E-state index in [1.165, 1.54) is 22.6 Å². The zero-order valence-corrected chi connectivity index (χ0v) is 16.8. The van der Waals surface area contributed by atoms with Crippen LogP contribution in [0.25, 0.3) is 0 Å². The Kier molecular flexibility index (Phi) is 7.99. The Bertz CT molecular complexity index is 836. The number of sulfonamides is 1. The lowest BCUT2D eigenvalue weighted by Gasteiger charge is -2.31. The average Bonchev–Trinajstić information content (AvgIpc) is 3.03. The molecular weight excluding hydrogens is 436 g/mol. The molecule has 0 spiro atoms. The van der Waals surface area contributed by atoms with E-state index in [0.29, 0.717) is 13.0 Å². The molecule has 2 aliphatic rings. The SMILES string of the molecule is CCCS(=O)(=O)N1C[C@@H](Oc2ncccc2F)[C@H]2OCCC[C@H]21.O=C(O)C(F)(F)F. The van der Waals surface area contributed by atoms with E-state index in [4.69, 9.17) is 19.4 Å². The molecule has 13 heteroatoms. The van der Waals surface area contributed by atoms with Gasteiger partial charge in [0.25, 0.3) is 5.88 Å². The lowest BCUT2D eigenvalue weighted by Crippen LogP contribution is -2.44. The molecule has 0 bridgehead atoms. The van der Waals surface area contributed by atoms with E-state index in [1.54, 1.807) is 0 Å². The minimum atomic E-state index is -5.08. The number of nitrogens with zero attached hydrogens (tertiary/aromatic N) is 2. The molecule has 8 nitrogen and oxygen atoms in total. The van der Waals surface area contributed by atoms with Crippen molar-refractivity contribution in [2.24, 2.45) is 0 Å². The number of halogens is 4. The highest BCUT2D eigenvalue weighted by Crippen LogP contribution is 2.33. The largest absolute Gasteiger partial charge is 0.490 e. The van der Waals surface area contributed by atoms with E-state index in [0.717, 1.165) is 12.8 Å². The summed E-state index contributed by atoms with van der Waals surface area (Å²) < 4.78 is 83.3. The van der Waals surface area contributed by atoms with Gasteiger partial charge in [-0.05, 0) is 31.4 Å². The van der Waals surface area contributed by atoms with Gasteiger partial charge in [0.05, 0.1) is 18.3 Å². The summed E-state index contributed by atoms with van der Waals surface area (Å²) in [5.74, 6) is -3.33. The molecule has 1 aromatic heterocycles. The van der Waals surface area contributed by atoms with E-state index >= 15 is 0 Å². The molecular formula is C17H22F4N2O6S. The Labute approximate surface area is 170 Å². The maximum atomic E-state index is 13.8. The van der Waals surface area contributed by atoms with Crippen LogP contribution in [0, 0.1) is 5.82 Å². The van der Waals surface area contributed by atoms with E-state index < -0.39 is 34.1 Å². The van der Waals surface area contributed by atoms with Crippen LogP contribution < -0.4 is 4.74 Å². The van der Waals surface area contributed by atoms with Crippen molar-refractivity contribution in [3.63, 3.8) is 0 Å². The van der Waals surface area contributed by atoms with Crippen LogP contribution in [0.15, 0.2) is 18.3 Å². The number of hydrogen-bond acceptors (Lipinski definition) is 6. The van der Waals surface area contributed by atoms with Gasteiger partial charge >= 0.3 is 12.1 Å². The van der Waals surface area contributed by atoms with Crippen LogP contribution in [0.3, 0.4) is 0 Å². The Morgan fingerprint density at radius 1 is 1.43 bits per heavy atom. The number of ether oxygens (including phenoxy) is 2. The lowest BCUT2D eigenvalue weighted by atomic mass is 10.0. The first-order valence-electron chi connectivity index (χ1n) is 9.15. The summed E-state index contributed by atoms with van der Waals surface area (Å²) in [5, 5.41) is 7.12. The molecule has 1 N–H and O–H groups in total. The van der Waals surface area contributed by atoms with E-state index in [2.05, 4.69) is 4.98 Å². The van der Waals surface area contributed by atoms with Gasteiger partial charge in [-0.15, -0.1) is 0 Å². The summed E-state index contributed by atoms with van der Waals surface area (Å²) in [6.45, 7) is 2.57. The summed E-state index contributed by atoms with van der Waals surface area (Å²) in [4.78, 5) is 12.8. The molecule has 0 radical (unpaired) electrons. The number of pyridine rings is 1. The van der Waals surface area contributed by atoms with Gasteiger partial charge in [0.2, 0.25) is 10.0 Å². The van der Waals surface area contributed by atoms with Crippen molar-refractivity contribution in [3.8, 4) is 5.88 Å². The maximum absolute atomic E-state index is 13.8. The highest BCUT2D eigenvalue weighted by molar-refractivity contribution is 7.89. The molecule has 0 amide bonds. The molecule has 2 fully saturated rings. The summed E-state index contributed by atoms with van der Waals surface area (Å²) in [5.41, 5.74) is 0. The van der Waals surface area contributed by atoms with Gasteiger partial charge in [-0.2, -0.15) is 17.5 Å². The molecule has 30 heavy (non-hydrogen) atoms. The Balaban J connectivity index is 0.000000396. The van der Waals surface area contributed by atoms with Crippen LogP contribution in [-0.2, 0) is 19.6 Å². The van der Waals surface area contributed by atoms with E-state index in [-0.39, 0.29) is 30.3 Å². The predicted molar refractivity (Wildman–Crippen MR) is 95.8 cm³/mol.